The highest BCUT2D eigenvalue weighted by atomic mass is 32.2. The molecule has 2 aromatic rings. The highest BCUT2D eigenvalue weighted by Crippen LogP contribution is 2.17. The molecule has 10 heteroatoms. The summed E-state index contributed by atoms with van der Waals surface area (Å²) < 4.78 is 35.4. The van der Waals surface area contributed by atoms with Gasteiger partial charge in [0.05, 0.1) is 18.6 Å². The minimum Gasteiger partial charge on any atom is -0.491 e. The quantitative estimate of drug-likeness (QED) is 0.448. The number of hydrogen-bond acceptors (Lipinski definition) is 6. The molecule has 2 amide bonds. The smallest absolute Gasteiger partial charge is 0.319 e. The molecule has 0 fully saturated rings. The Morgan fingerprint density at radius 3 is 2.24 bits per heavy atom. The predicted molar refractivity (Wildman–Crippen MR) is 108 cm³/mol. The Balaban J connectivity index is 1.85. The zero-order valence-corrected chi connectivity index (χ0v) is 17.4. The van der Waals surface area contributed by atoms with E-state index < -0.39 is 16.1 Å². The fourth-order valence-electron chi connectivity index (χ4n) is 2.26. The summed E-state index contributed by atoms with van der Waals surface area (Å²) in [6.45, 7) is 1.31. The number of rotatable bonds is 10. The molecule has 9 nitrogen and oxygen atoms in total. The largest absolute Gasteiger partial charge is 0.491 e. The van der Waals surface area contributed by atoms with Crippen LogP contribution in [-0.4, -0.2) is 53.4 Å². The zero-order chi connectivity index (χ0) is 21.3. The Morgan fingerprint density at radius 1 is 1.00 bits per heavy atom. The summed E-state index contributed by atoms with van der Waals surface area (Å²) in [6.07, 6.45) is 0. The van der Waals surface area contributed by atoms with E-state index >= 15 is 0 Å². The van der Waals surface area contributed by atoms with Gasteiger partial charge in [0.25, 0.3) is 10.0 Å². The Bertz CT molecular complexity index is 885. The van der Waals surface area contributed by atoms with Gasteiger partial charge in [-0.15, -0.1) is 0 Å². The van der Waals surface area contributed by atoms with Crippen molar-refractivity contribution in [2.75, 3.05) is 39.8 Å². The van der Waals surface area contributed by atoms with Crippen molar-refractivity contribution in [1.82, 2.24) is 9.79 Å². The maximum absolute atomic E-state index is 12.1. The molecule has 0 unspecified atom stereocenters. The third-order valence-electron chi connectivity index (χ3n) is 3.94. The fraction of sp³-hybridized carbons (Fsp3) is 0.316. The van der Waals surface area contributed by atoms with Crippen molar-refractivity contribution in [3.05, 3.63) is 54.1 Å². The first-order valence-electron chi connectivity index (χ1n) is 8.75. The van der Waals surface area contributed by atoms with Crippen LogP contribution in [0.25, 0.3) is 0 Å². The number of carbonyl (C=O) groups is 1. The summed E-state index contributed by atoms with van der Waals surface area (Å²) in [4.78, 5) is 16.8. The van der Waals surface area contributed by atoms with E-state index in [0.29, 0.717) is 25.4 Å². The molecule has 0 heterocycles. The summed E-state index contributed by atoms with van der Waals surface area (Å²) in [7, 11) is 0.447. The van der Waals surface area contributed by atoms with Crippen molar-refractivity contribution >= 4 is 21.7 Å². The molecule has 0 radical (unpaired) electrons. The predicted octanol–water partition coefficient (Wildman–Crippen LogP) is 2.22. The average Bonchev–Trinajstić information content (AvgIpc) is 2.73. The molecule has 0 aromatic heterocycles. The maximum atomic E-state index is 12.1. The molecule has 2 aromatic carbocycles. The maximum Gasteiger partial charge on any atom is 0.319 e. The van der Waals surface area contributed by atoms with Gasteiger partial charge in [0, 0.05) is 26.4 Å². The lowest BCUT2D eigenvalue weighted by molar-refractivity contribution is -0.0258. The SMILES string of the molecule is COCCOc1ccc(CNC(=O)Nc2ccc(S(=O)(=O)N(C)OC)cc2)cc1. The van der Waals surface area contributed by atoms with Gasteiger partial charge >= 0.3 is 6.03 Å². The molecule has 2 N–H and O–H groups in total. The molecule has 0 saturated carbocycles. The summed E-state index contributed by atoms with van der Waals surface area (Å²) in [5.74, 6) is 0.726. The van der Waals surface area contributed by atoms with Crippen molar-refractivity contribution in [2.24, 2.45) is 0 Å². The lowest BCUT2D eigenvalue weighted by Crippen LogP contribution is -2.28. The Labute approximate surface area is 170 Å². The van der Waals surface area contributed by atoms with Crippen molar-refractivity contribution in [3.63, 3.8) is 0 Å². The number of nitrogens with zero attached hydrogens (tertiary/aromatic N) is 1. The van der Waals surface area contributed by atoms with E-state index in [4.69, 9.17) is 14.3 Å². The third kappa shape index (κ3) is 6.71. The Morgan fingerprint density at radius 2 is 1.66 bits per heavy atom. The third-order valence-corrected chi connectivity index (χ3v) is 5.63. The molecule has 0 atom stereocenters. The number of urea groups is 1. The molecule has 29 heavy (non-hydrogen) atoms. The first-order chi connectivity index (χ1) is 13.9. The van der Waals surface area contributed by atoms with Crippen LogP contribution in [-0.2, 0) is 26.1 Å². The van der Waals surface area contributed by atoms with Gasteiger partial charge in [-0.25, -0.2) is 13.2 Å². The van der Waals surface area contributed by atoms with Crippen LogP contribution >= 0.6 is 0 Å². The Kier molecular flexibility index (Phi) is 8.40. The lowest BCUT2D eigenvalue weighted by atomic mass is 10.2. The Hall–Kier alpha value is -2.66. The number of ether oxygens (including phenoxy) is 2. The molecule has 158 valence electrons. The van der Waals surface area contributed by atoms with Crippen LogP contribution in [0, 0.1) is 0 Å². The van der Waals surface area contributed by atoms with Gasteiger partial charge in [-0.1, -0.05) is 16.6 Å². The fourth-order valence-corrected chi connectivity index (χ4v) is 3.23. The molecule has 0 saturated heterocycles. The van der Waals surface area contributed by atoms with E-state index in [1.807, 2.05) is 24.3 Å². The van der Waals surface area contributed by atoms with E-state index in [2.05, 4.69) is 10.6 Å². The topological polar surface area (TPSA) is 106 Å². The standard InChI is InChI=1S/C19H25N3O6S/c1-22(27-3)29(24,25)18-10-6-16(7-11-18)21-19(23)20-14-15-4-8-17(9-5-15)28-13-12-26-2/h4-11H,12-14H2,1-3H3,(H2,20,21,23). The second-order valence-electron chi connectivity index (χ2n) is 5.91. The van der Waals surface area contributed by atoms with Crippen LogP contribution in [0.2, 0.25) is 0 Å². The summed E-state index contributed by atoms with van der Waals surface area (Å²) in [6, 6.07) is 12.7. The number of amides is 2. The summed E-state index contributed by atoms with van der Waals surface area (Å²) in [5, 5.41) is 5.39. The minimum absolute atomic E-state index is 0.0561. The van der Waals surface area contributed by atoms with E-state index in [1.54, 1.807) is 7.11 Å². The highest BCUT2D eigenvalue weighted by Gasteiger charge is 2.20. The van der Waals surface area contributed by atoms with Gasteiger partial charge in [-0.2, -0.15) is 0 Å². The number of hydroxylamine groups is 1. The normalized spacial score (nSPS) is 11.3. The molecule has 0 aliphatic carbocycles. The van der Waals surface area contributed by atoms with Gasteiger partial charge in [0.1, 0.15) is 12.4 Å². The van der Waals surface area contributed by atoms with E-state index in [-0.39, 0.29) is 4.90 Å². The van der Waals surface area contributed by atoms with Gasteiger partial charge in [-0.05, 0) is 42.0 Å². The number of carbonyl (C=O) groups excluding carboxylic acids is 1. The number of anilines is 1. The average molecular weight is 423 g/mol. The van der Waals surface area contributed by atoms with Crippen molar-refractivity contribution in [1.29, 1.82) is 0 Å². The van der Waals surface area contributed by atoms with Crippen LogP contribution in [0.4, 0.5) is 10.5 Å². The van der Waals surface area contributed by atoms with Crippen LogP contribution < -0.4 is 15.4 Å². The number of methoxy groups -OCH3 is 1. The van der Waals surface area contributed by atoms with Crippen molar-refractivity contribution < 1.29 is 27.5 Å². The van der Waals surface area contributed by atoms with Crippen LogP contribution in [0.3, 0.4) is 0 Å². The number of hydrogen-bond donors (Lipinski definition) is 2. The molecule has 2 rings (SSSR count). The molecule has 0 aliphatic heterocycles. The molecular formula is C19H25N3O6S. The van der Waals surface area contributed by atoms with Crippen molar-refractivity contribution in [3.8, 4) is 5.75 Å². The number of sulfonamides is 1. The van der Waals surface area contributed by atoms with Crippen LogP contribution in [0.5, 0.6) is 5.75 Å². The first kappa shape index (κ1) is 22.6. The van der Waals surface area contributed by atoms with E-state index in [1.165, 1.54) is 38.4 Å². The summed E-state index contributed by atoms with van der Waals surface area (Å²) in [5.41, 5.74) is 1.37. The lowest BCUT2D eigenvalue weighted by Gasteiger charge is -2.14. The first-order valence-corrected chi connectivity index (χ1v) is 10.2. The van der Waals surface area contributed by atoms with Crippen molar-refractivity contribution in [2.45, 2.75) is 11.4 Å². The molecule has 0 aliphatic rings. The second kappa shape index (κ2) is 10.8. The summed E-state index contributed by atoms with van der Waals surface area (Å²) >= 11 is 0. The molecular weight excluding hydrogens is 398 g/mol. The monoisotopic (exact) mass is 423 g/mol. The second-order valence-corrected chi connectivity index (χ2v) is 7.85. The van der Waals surface area contributed by atoms with Crippen LogP contribution in [0.1, 0.15) is 5.56 Å². The highest BCUT2D eigenvalue weighted by molar-refractivity contribution is 7.89. The van der Waals surface area contributed by atoms with E-state index in [0.717, 1.165) is 15.8 Å². The van der Waals surface area contributed by atoms with Gasteiger partial charge in [-0.3, -0.25) is 4.84 Å². The molecule has 0 bridgehead atoms. The van der Waals surface area contributed by atoms with E-state index in [9.17, 15) is 13.2 Å². The zero-order valence-electron chi connectivity index (χ0n) is 16.5. The minimum atomic E-state index is -3.73. The van der Waals surface area contributed by atoms with Gasteiger partial charge in [0.2, 0.25) is 0 Å². The van der Waals surface area contributed by atoms with Crippen LogP contribution in [0.15, 0.2) is 53.4 Å². The number of nitrogens with one attached hydrogen (secondary N) is 2. The molecule has 0 spiro atoms. The number of benzene rings is 2. The van der Waals surface area contributed by atoms with Gasteiger partial charge in [0.15, 0.2) is 0 Å². The van der Waals surface area contributed by atoms with Gasteiger partial charge < -0.3 is 20.1 Å².